The van der Waals surface area contributed by atoms with Crippen molar-refractivity contribution in [3.8, 4) is 0 Å². The number of carbonyl (C=O) groups excluding carboxylic acids is 2. The highest BCUT2D eigenvalue weighted by Crippen LogP contribution is 2.20. The Morgan fingerprint density at radius 3 is 2.46 bits per heavy atom. The van der Waals surface area contributed by atoms with Gasteiger partial charge in [0.25, 0.3) is 0 Å². The second kappa shape index (κ2) is 8.18. The molecule has 24 heavy (non-hydrogen) atoms. The molecule has 0 spiro atoms. The largest absolute Gasteiger partial charge is 0.453 e. The Labute approximate surface area is 144 Å². The lowest BCUT2D eigenvalue weighted by molar-refractivity contribution is -0.130. The summed E-state index contributed by atoms with van der Waals surface area (Å²) in [5.41, 5.74) is 3.51. The number of rotatable bonds is 3. The van der Waals surface area contributed by atoms with Crippen LogP contribution < -0.4 is 0 Å². The highest BCUT2D eigenvalue weighted by Gasteiger charge is 2.22. The number of hydrogen-bond donors (Lipinski definition) is 0. The number of amides is 2. The van der Waals surface area contributed by atoms with Crippen LogP contribution in [-0.2, 0) is 16.0 Å². The molecule has 1 fully saturated rings. The average Bonchev–Trinajstić information content (AvgIpc) is 2.82. The van der Waals surface area contributed by atoms with E-state index in [4.69, 9.17) is 4.74 Å². The average molecular weight is 332 g/mol. The van der Waals surface area contributed by atoms with Crippen molar-refractivity contribution in [1.82, 2.24) is 9.80 Å². The molecule has 2 amide bonds. The Hall–Kier alpha value is -2.04. The van der Waals surface area contributed by atoms with Crippen LogP contribution in [0.5, 0.6) is 0 Å². The van der Waals surface area contributed by atoms with Crippen molar-refractivity contribution < 1.29 is 14.3 Å². The molecule has 0 radical (unpaired) electrons. The number of carbonyl (C=O) groups is 2. The molecule has 2 rings (SSSR count). The molecule has 0 saturated carbocycles. The second-order valence-corrected chi connectivity index (χ2v) is 6.71. The minimum atomic E-state index is -0.315. The van der Waals surface area contributed by atoms with Crippen molar-refractivity contribution in [3.05, 3.63) is 34.9 Å². The van der Waals surface area contributed by atoms with Gasteiger partial charge in [-0.05, 0) is 36.0 Å². The third kappa shape index (κ3) is 4.49. The molecule has 1 saturated heterocycles. The minimum Gasteiger partial charge on any atom is -0.453 e. The summed E-state index contributed by atoms with van der Waals surface area (Å²) in [6.45, 7) is 8.79. The summed E-state index contributed by atoms with van der Waals surface area (Å²) in [5, 5.41) is 0. The molecule has 0 N–H and O–H groups in total. The van der Waals surface area contributed by atoms with Gasteiger partial charge in [-0.1, -0.05) is 32.0 Å². The molecule has 5 heteroatoms. The number of nitrogens with zero attached hydrogens (tertiary/aromatic N) is 2. The van der Waals surface area contributed by atoms with E-state index in [1.807, 2.05) is 11.8 Å². The number of ether oxygens (including phenoxy) is 1. The third-order valence-corrected chi connectivity index (χ3v) is 4.66. The lowest BCUT2D eigenvalue weighted by Crippen LogP contribution is -2.38. The highest BCUT2D eigenvalue weighted by molar-refractivity contribution is 5.79. The van der Waals surface area contributed by atoms with Crippen LogP contribution in [0.3, 0.4) is 0 Å². The highest BCUT2D eigenvalue weighted by atomic mass is 16.5. The first-order valence-corrected chi connectivity index (χ1v) is 8.62. The SMILES string of the molecule is COC(=O)N1CCCN(C(=O)Cc2cc(C(C)C)ccc2C)CC1. The first-order chi connectivity index (χ1) is 11.4. The zero-order valence-electron chi connectivity index (χ0n) is 15.2. The number of aryl methyl sites for hydroxylation is 1. The van der Waals surface area contributed by atoms with Crippen molar-refractivity contribution >= 4 is 12.0 Å². The first-order valence-electron chi connectivity index (χ1n) is 8.62. The first kappa shape index (κ1) is 18.3. The van der Waals surface area contributed by atoms with Crippen molar-refractivity contribution in [2.24, 2.45) is 0 Å². The van der Waals surface area contributed by atoms with Crippen LogP contribution in [0.1, 0.15) is 42.9 Å². The summed E-state index contributed by atoms with van der Waals surface area (Å²) in [4.78, 5) is 27.9. The van der Waals surface area contributed by atoms with E-state index in [9.17, 15) is 9.59 Å². The maximum atomic E-state index is 12.7. The Morgan fingerprint density at radius 1 is 1.12 bits per heavy atom. The van der Waals surface area contributed by atoms with Crippen LogP contribution in [0.4, 0.5) is 4.79 Å². The summed E-state index contributed by atoms with van der Waals surface area (Å²) >= 11 is 0. The maximum absolute atomic E-state index is 12.7. The van der Waals surface area contributed by atoms with Gasteiger partial charge in [0, 0.05) is 26.2 Å². The number of hydrogen-bond acceptors (Lipinski definition) is 3. The van der Waals surface area contributed by atoms with Crippen LogP contribution in [0.25, 0.3) is 0 Å². The van der Waals surface area contributed by atoms with Gasteiger partial charge in [-0.15, -0.1) is 0 Å². The monoisotopic (exact) mass is 332 g/mol. The summed E-state index contributed by atoms with van der Waals surface area (Å²) in [7, 11) is 1.39. The summed E-state index contributed by atoms with van der Waals surface area (Å²) in [5.74, 6) is 0.581. The van der Waals surface area contributed by atoms with Gasteiger partial charge in [-0.25, -0.2) is 4.79 Å². The molecule has 0 aromatic heterocycles. The van der Waals surface area contributed by atoms with Crippen molar-refractivity contribution in [1.29, 1.82) is 0 Å². The molecular formula is C19H28N2O3. The van der Waals surface area contributed by atoms with Crippen LogP contribution in [-0.4, -0.2) is 55.1 Å². The maximum Gasteiger partial charge on any atom is 0.409 e. The van der Waals surface area contributed by atoms with Crippen molar-refractivity contribution in [2.75, 3.05) is 33.3 Å². The van der Waals surface area contributed by atoms with E-state index in [2.05, 4.69) is 32.0 Å². The molecule has 132 valence electrons. The molecule has 0 atom stereocenters. The van der Waals surface area contributed by atoms with Gasteiger partial charge in [0.05, 0.1) is 13.5 Å². The van der Waals surface area contributed by atoms with E-state index in [0.29, 0.717) is 38.5 Å². The number of benzene rings is 1. The number of methoxy groups -OCH3 is 1. The fourth-order valence-corrected chi connectivity index (χ4v) is 2.99. The molecule has 0 bridgehead atoms. The van der Waals surface area contributed by atoms with Crippen LogP contribution in [0, 0.1) is 6.92 Å². The summed E-state index contributed by atoms with van der Waals surface area (Å²) in [6, 6.07) is 6.38. The molecule has 0 aliphatic carbocycles. The van der Waals surface area contributed by atoms with Gasteiger partial charge in [-0.2, -0.15) is 0 Å². The Kier molecular flexibility index (Phi) is 6.23. The fraction of sp³-hybridized carbons (Fsp3) is 0.579. The molecule has 1 aromatic carbocycles. The van der Waals surface area contributed by atoms with Gasteiger partial charge < -0.3 is 14.5 Å². The van der Waals surface area contributed by atoms with E-state index in [1.54, 1.807) is 4.90 Å². The standard InChI is InChI=1S/C19H28N2O3/c1-14(2)16-7-6-15(3)17(12-16)13-18(22)20-8-5-9-21(11-10-20)19(23)24-4/h6-7,12,14H,5,8-11,13H2,1-4H3. The summed E-state index contributed by atoms with van der Waals surface area (Å²) < 4.78 is 4.77. The molecule has 5 nitrogen and oxygen atoms in total. The molecule has 0 unspecified atom stereocenters. The van der Waals surface area contributed by atoms with E-state index >= 15 is 0 Å². The van der Waals surface area contributed by atoms with E-state index in [-0.39, 0.29) is 12.0 Å². The fourth-order valence-electron chi connectivity index (χ4n) is 2.99. The molecule has 1 heterocycles. The van der Waals surface area contributed by atoms with Gasteiger partial charge in [0.1, 0.15) is 0 Å². The van der Waals surface area contributed by atoms with Gasteiger partial charge >= 0.3 is 6.09 Å². The topological polar surface area (TPSA) is 49.9 Å². The predicted octanol–water partition coefficient (Wildman–Crippen LogP) is 2.96. The van der Waals surface area contributed by atoms with Crippen LogP contribution in [0.15, 0.2) is 18.2 Å². The summed E-state index contributed by atoms with van der Waals surface area (Å²) in [6.07, 6.45) is 0.890. The molecule has 1 aliphatic heterocycles. The predicted molar refractivity (Wildman–Crippen MR) is 94.1 cm³/mol. The second-order valence-electron chi connectivity index (χ2n) is 6.71. The van der Waals surface area contributed by atoms with E-state index < -0.39 is 0 Å². The Bertz CT molecular complexity index is 598. The smallest absolute Gasteiger partial charge is 0.409 e. The van der Waals surface area contributed by atoms with Gasteiger partial charge in [0.2, 0.25) is 5.91 Å². The normalized spacial score (nSPS) is 15.4. The quantitative estimate of drug-likeness (QED) is 0.855. The Balaban J connectivity index is 2.02. The van der Waals surface area contributed by atoms with Crippen LogP contribution >= 0.6 is 0 Å². The molecular weight excluding hydrogens is 304 g/mol. The van der Waals surface area contributed by atoms with Crippen LogP contribution in [0.2, 0.25) is 0 Å². The molecule has 1 aromatic rings. The lowest BCUT2D eigenvalue weighted by atomic mass is 9.96. The van der Waals surface area contributed by atoms with E-state index in [1.165, 1.54) is 12.7 Å². The zero-order chi connectivity index (χ0) is 17.7. The molecule has 1 aliphatic rings. The third-order valence-electron chi connectivity index (χ3n) is 4.66. The zero-order valence-corrected chi connectivity index (χ0v) is 15.2. The van der Waals surface area contributed by atoms with Crippen molar-refractivity contribution in [2.45, 2.75) is 39.5 Å². The van der Waals surface area contributed by atoms with Gasteiger partial charge in [0.15, 0.2) is 0 Å². The Morgan fingerprint density at radius 2 is 1.79 bits per heavy atom. The lowest BCUT2D eigenvalue weighted by Gasteiger charge is -2.22. The minimum absolute atomic E-state index is 0.130. The van der Waals surface area contributed by atoms with Crippen molar-refractivity contribution in [3.63, 3.8) is 0 Å². The van der Waals surface area contributed by atoms with Gasteiger partial charge in [-0.3, -0.25) is 4.79 Å². The van der Waals surface area contributed by atoms with E-state index in [0.717, 1.165) is 17.5 Å².